The van der Waals surface area contributed by atoms with E-state index in [4.69, 9.17) is 9.15 Å². The summed E-state index contributed by atoms with van der Waals surface area (Å²) in [5, 5.41) is 3.55. The number of hydrogen-bond acceptors (Lipinski definition) is 4. The summed E-state index contributed by atoms with van der Waals surface area (Å²) < 4.78 is 12.0. The molecule has 2 aromatic carbocycles. The number of benzene rings is 2. The number of carbonyl (C=O) groups excluding carboxylic acids is 2. The molecule has 1 aliphatic rings. The van der Waals surface area contributed by atoms with Crippen LogP contribution in [-0.4, -0.2) is 17.3 Å². The molecule has 0 bridgehead atoms. The Bertz CT molecular complexity index is 1140. The average Bonchev–Trinajstić information content (AvgIpc) is 3.05. The van der Waals surface area contributed by atoms with Crippen LogP contribution in [0.2, 0.25) is 0 Å². The summed E-state index contributed by atoms with van der Waals surface area (Å²) in [4.78, 5) is 25.9. The summed E-state index contributed by atoms with van der Waals surface area (Å²) >= 11 is 0. The minimum atomic E-state index is -0.502. The van der Waals surface area contributed by atoms with Crippen molar-refractivity contribution >= 4 is 28.3 Å². The molecular formula is C25H27NO4. The molecule has 0 fully saturated rings. The number of carbonyl (C=O) groups is 2. The first-order chi connectivity index (χ1) is 14.2. The average molecular weight is 405 g/mol. The molecule has 30 heavy (non-hydrogen) atoms. The van der Waals surface area contributed by atoms with Crippen molar-refractivity contribution in [2.45, 2.75) is 59.0 Å². The molecule has 0 radical (unpaired) electrons. The van der Waals surface area contributed by atoms with Gasteiger partial charge in [-0.3, -0.25) is 9.59 Å². The second-order valence-electron chi connectivity index (χ2n) is 8.60. The first kappa shape index (κ1) is 20.2. The van der Waals surface area contributed by atoms with Gasteiger partial charge in [0.2, 0.25) is 0 Å². The lowest BCUT2D eigenvalue weighted by atomic mass is 9.87. The van der Waals surface area contributed by atoms with Crippen molar-refractivity contribution in [3.8, 4) is 5.75 Å². The van der Waals surface area contributed by atoms with E-state index in [0.29, 0.717) is 45.9 Å². The van der Waals surface area contributed by atoms with Crippen molar-refractivity contribution < 1.29 is 18.7 Å². The van der Waals surface area contributed by atoms with E-state index in [2.05, 4.69) is 19.2 Å². The third-order valence-corrected chi connectivity index (χ3v) is 6.02. The Labute approximate surface area is 176 Å². The van der Waals surface area contributed by atoms with Crippen molar-refractivity contribution in [3.63, 3.8) is 0 Å². The van der Waals surface area contributed by atoms with Crippen LogP contribution in [0.4, 0.5) is 5.69 Å². The van der Waals surface area contributed by atoms with Gasteiger partial charge in [-0.2, -0.15) is 0 Å². The summed E-state index contributed by atoms with van der Waals surface area (Å²) in [5.41, 5.74) is 3.08. The van der Waals surface area contributed by atoms with Gasteiger partial charge in [0, 0.05) is 16.6 Å². The molecule has 2 heterocycles. The van der Waals surface area contributed by atoms with Gasteiger partial charge < -0.3 is 14.5 Å². The Morgan fingerprint density at radius 1 is 1.17 bits per heavy atom. The summed E-state index contributed by atoms with van der Waals surface area (Å²) in [5.74, 6) is 0.878. The second kappa shape index (κ2) is 7.31. The lowest BCUT2D eigenvalue weighted by Gasteiger charge is -2.34. The number of ketones is 1. The predicted octanol–water partition coefficient (Wildman–Crippen LogP) is 6.25. The number of Topliss-reactive ketones (excluding diaryl/α,β-unsaturated/α-hetero) is 1. The van der Waals surface area contributed by atoms with Gasteiger partial charge in [0.15, 0.2) is 11.5 Å². The molecule has 1 unspecified atom stereocenters. The van der Waals surface area contributed by atoms with Gasteiger partial charge in [0.25, 0.3) is 5.91 Å². The SMILES string of the molecule is CCC1(C)CC(=O)c2c(ccc3oc(C(=O)Nc4ccc(C(C)C)cc4)c(C)c23)O1. The van der Waals surface area contributed by atoms with Gasteiger partial charge in [0.1, 0.15) is 16.9 Å². The highest BCUT2D eigenvalue weighted by Crippen LogP contribution is 2.41. The summed E-state index contributed by atoms with van der Waals surface area (Å²) in [6.45, 7) is 10.0. The zero-order valence-electron chi connectivity index (χ0n) is 18.1. The van der Waals surface area contributed by atoms with Gasteiger partial charge >= 0.3 is 0 Å². The number of anilines is 1. The van der Waals surface area contributed by atoms with Gasteiger partial charge in [-0.25, -0.2) is 0 Å². The molecule has 5 nitrogen and oxygen atoms in total. The third-order valence-electron chi connectivity index (χ3n) is 6.02. The number of furan rings is 1. The quantitative estimate of drug-likeness (QED) is 0.557. The largest absolute Gasteiger partial charge is 0.486 e. The van der Waals surface area contributed by atoms with Gasteiger partial charge in [0.05, 0.1) is 12.0 Å². The van der Waals surface area contributed by atoms with Gasteiger partial charge in [-0.05, 0) is 56.0 Å². The number of rotatable bonds is 4. The molecule has 156 valence electrons. The number of nitrogens with one attached hydrogen (secondary N) is 1. The van der Waals surface area contributed by atoms with Crippen LogP contribution in [0, 0.1) is 6.92 Å². The van der Waals surface area contributed by atoms with E-state index in [9.17, 15) is 9.59 Å². The normalized spacial score (nSPS) is 18.4. The molecule has 1 atom stereocenters. The van der Waals surface area contributed by atoms with Crippen molar-refractivity contribution in [1.29, 1.82) is 0 Å². The van der Waals surface area contributed by atoms with Gasteiger partial charge in [-0.1, -0.05) is 32.9 Å². The molecule has 3 aromatic rings. The van der Waals surface area contributed by atoms with E-state index in [1.807, 2.05) is 45.0 Å². The van der Waals surface area contributed by atoms with Crippen LogP contribution in [-0.2, 0) is 0 Å². The topological polar surface area (TPSA) is 68.5 Å². The zero-order valence-corrected chi connectivity index (χ0v) is 18.1. The van der Waals surface area contributed by atoms with Crippen LogP contribution in [0.1, 0.15) is 78.5 Å². The fraction of sp³-hybridized carbons (Fsp3) is 0.360. The molecule has 0 spiro atoms. The van der Waals surface area contributed by atoms with E-state index >= 15 is 0 Å². The monoisotopic (exact) mass is 405 g/mol. The summed E-state index contributed by atoms with van der Waals surface area (Å²) in [6, 6.07) is 11.3. The van der Waals surface area contributed by atoms with Crippen molar-refractivity contribution in [3.05, 3.63) is 58.8 Å². The highest BCUT2D eigenvalue weighted by atomic mass is 16.5. The van der Waals surface area contributed by atoms with Crippen LogP contribution in [0.25, 0.3) is 11.0 Å². The standard InChI is InChI=1S/C25H27NO4/c1-6-25(5)13-18(27)22-20(30-25)12-11-19-21(22)15(4)23(29-19)24(28)26-17-9-7-16(8-10-17)14(2)3/h7-12,14H,6,13H2,1-5H3,(H,26,28). The highest BCUT2D eigenvalue weighted by Gasteiger charge is 2.37. The number of ether oxygens (including phenoxy) is 1. The lowest BCUT2D eigenvalue weighted by Crippen LogP contribution is -2.38. The number of hydrogen-bond donors (Lipinski definition) is 1. The van der Waals surface area contributed by atoms with Crippen molar-refractivity contribution in [2.75, 3.05) is 5.32 Å². The van der Waals surface area contributed by atoms with Crippen molar-refractivity contribution in [1.82, 2.24) is 0 Å². The Morgan fingerprint density at radius 3 is 2.50 bits per heavy atom. The molecule has 1 N–H and O–H groups in total. The van der Waals surface area contributed by atoms with Crippen LogP contribution in [0.3, 0.4) is 0 Å². The third kappa shape index (κ3) is 3.38. The molecular weight excluding hydrogens is 378 g/mol. The van der Waals surface area contributed by atoms with Crippen LogP contribution < -0.4 is 10.1 Å². The molecule has 4 rings (SSSR count). The fourth-order valence-corrected chi connectivity index (χ4v) is 3.97. The van der Waals surface area contributed by atoms with Crippen LogP contribution in [0.5, 0.6) is 5.75 Å². The maximum absolute atomic E-state index is 13.0. The number of amides is 1. The molecule has 0 aliphatic carbocycles. The van der Waals surface area contributed by atoms with Crippen LogP contribution in [0.15, 0.2) is 40.8 Å². The smallest absolute Gasteiger partial charge is 0.291 e. The maximum Gasteiger partial charge on any atom is 0.291 e. The van der Waals surface area contributed by atoms with E-state index in [1.54, 1.807) is 12.1 Å². The molecule has 0 saturated heterocycles. The predicted molar refractivity (Wildman–Crippen MR) is 118 cm³/mol. The number of fused-ring (bicyclic) bond motifs is 3. The van der Waals surface area contributed by atoms with E-state index < -0.39 is 5.60 Å². The maximum atomic E-state index is 13.0. The Morgan fingerprint density at radius 2 is 1.87 bits per heavy atom. The number of aryl methyl sites for hydroxylation is 1. The molecule has 5 heteroatoms. The zero-order chi connectivity index (χ0) is 21.6. The molecule has 1 aliphatic heterocycles. The van der Waals surface area contributed by atoms with E-state index in [1.165, 1.54) is 5.56 Å². The van der Waals surface area contributed by atoms with E-state index in [-0.39, 0.29) is 17.5 Å². The minimum Gasteiger partial charge on any atom is -0.486 e. The van der Waals surface area contributed by atoms with E-state index in [0.717, 1.165) is 6.42 Å². The molecule has 1 amide bonds. The summed E-state index contributed by atoms with van der Waals surface area (Å²) in [7, 11) is 0. The van der Waals surface area contributed by atoms with Crippen molar-refractivity contribution in [2.24, 2.45) is 0 Å². The Kier molecular flexibility index (Phi) is 4.92. The second-order valence-corrected chi connectivity index (χ2v) is 8.60. The first-order valence-electron chi connectivity index (χ1n) is 10.4. The lowest BCUT2D eigenvalue weighted by molar-refractivity contribution is 0.0503. The minimum absolute atomic E-state index is 0.0198. The highest BCUT2D eigenvalue weighted by molar-refractivity contribution is 6.14. The molecule has 1 aromatic heterocycles. The Balaban J connectivity index is 1.69. The molecule has 0 saturated carbocycles. The van der Waals surface area contributed by atoms with Crippen LogP contribution >= 0.6 is 0 Å². The first-order valence-corrected chi connectivity index (χ1v) is 10.4. The fourth-order valence-electron chi connectivity index (χ4n) is 3.97. The Hall–Kier alpha value is -3.08. The summed E-state index contributed by atoms with van der Waals surface area (Å²) in [6.07, 6.45) is 1.05. The van der Waals surface area contributed by atoms with Gasteiger partial charge in [-0.15, -0.1) is 0 Å².